The predicted molar refractivity (Wildman–Crippen MR) is 126 cm³/mol. The molecule has 1 fully saturated rings. The van der Waals surface area contributed by atoms with Gasteiger partial charge in [-0.2, -0.15) is 0 Å². The number of hydrogen-bond acceptors (Lipinski definition) is 5. The summed E-state index contributed by atoms with van der Waals surface area (Å²) in [4.78, 5) is 9.69. The molecular weight excluding hydrogens is 378 g/mol. The summed E-state index contributed by atoms with van der Waals surface area (Å²) in [6, 6.07) is 10.7. The van der Waals surface area contributed by atoms with Crippen molar-refractivity contribution in [2.24, 2.45) is 4.99 Å². The minimum absolute atomic E-state index is 0.649. The number of nitrogens with one attached hydrogen (secondary N) is 2. The largest absolute Gasteiger partial charge is 0.382 e. The van der Waals surface area contributed by atoms with E-state index in [4.69, 9.17) is 9.47 Å². The van der Waals surface area contributed by atoms with E-state index in [9.17, 15) is 0 Å². The van der Waals surface area contributed by atoms with Crippen LogP contribution in [0.1, 0.15) is 26.2 Å². The highest BCUT2D eigenvalue weighted by Gasteiger charge is 2.16. The van der Waals surface area contributed by atoms with Gasteiger partial charge in [-0.1, -0.05) is 18.2 Å². The van der Waals surface area contributed by atoms with Crippen molar-refractivity contribution in [1.29, 1.82) is 0 Å². The van der Waals surface area contributed by atoms with Gasteiger partial charge in [0.25, 0.3) is 0 Å². The van der Waals surface area contributed by atoms with Gasteiger partial charge in [0.15, 0.2) is 5.96 Å². The number of nitrogens with zero attached hydrogens (tertiary/aromatic N) is 3. The molecule has 0 spiro atoms. The van der Waals surface area contributed by atoms with Crippen LogP contribution >= 0.6 is 0 Å². The van der Waals surface area contributed by atoms with Crippen molar-refractivity contribution in [3.8, 4) is 0 Å². The molecule has 0 bridgehead atoms. The molecule has 1 saturated heterocycles. The molecule has 1 aromatic rings. The number of rotatable bonds is 14. The molecule has 7 nitrogen and oxygen atoms in total. The Kier molecular flexibility index (Phi) is 13.0. The van der Waals surface area contributed by atoms with Crippen molar-refractivity contribution in [2.75, 3.05) is 84.2 Å². The van der Waals surface area contributed by atoms with Crippen LogP contribution in [0.15, 0.2) is 35.3 Å². The third kappa shape index (κ3) is 10.3. The molecule has 170 valence electrons. The van der Waals surface area contributed by atoms with Crippen molar-refractivity contribution >= 4 is 11.6 Å². The molecule has 0 unspecified atom stereocenters. The van der Waals surface area contributed by atoms with E-state index in [1.165, 1.54) is 18.7 Å². The number of hydrogen-bond donors (Lipinski definition) is 2. The predicted octanol–water partition coefficient (Wildman–Crippen LogP) is 2.20. The molecule has 2 N–H and O–H groups in total. The Hall–Kier alpha value is -1.83. The molecule has 0 aliphatic carbocycles. The van der Waals surface area contributed by atoms with Crippen LogP contribution in [-0.2, 0) is 9.47 Å². The van der Waals surface area contributed by atoms with Crippen LogP contribution in [0.4, 0.5) is 5.69 Å². The van der Waals surface area contributed by atoms with Gasteiger partial charge in [0.2, 0.25) is 0 Å². The van der Waals surface area contributed by atoms with Crippen molar-refractivity contribution in [1.82, 2.24) is 15.5 Å². The summed E-state index contributed by atoms with van der Waals surface area (Å²) < 4.78 is 10.4. The van der Waals surface area contributed by atoms with Gasteiger partial charge >= 0.3 is 0 Å². The standard InChI is InChI=1S/C23H41N5O2/c1-3-24-23(26-13-9-19-30-21-20-29-2)25-12-7-8-14-27-15-17-28(18-16-27)22-10-5-4-6-11-22/h4-6,10-11H,3,7-9,12-21H2,1-2H3,(H2,24,25,26). The van der Waals surface area contributed by atoms with E-state index in [-0.39, 0.29) is 0 Å². The zero-order valence-corrected chi connectivity index (χ0v) is 18.9. The van der Waals surface area contributed by atoms with E-state index in [2.05, 4.69) is 62.7 Å². The summed E-state index contributed by atoms with van der Waals surface area (Å²) in [7, 11) is 1.69. The van der Waals surface area contributed by atoms with Gasteiger partial charge in [-0.25, -0.2) is 0 Å². The van der Waals surface area contributed by atoms with Gasteiger partial charge in [0, 0.05) is 65.2 Å². The zero-order valence-electron chi connectivity index (χ0n) is 18.9. The lowest BCUT2D eigenvalue weighted by atomic mass is 10.2. The summed E-state index contributed by atoms with van der Waals surface area (Å²) in [5.41, 5.74) is 1.35. The number of piperazine rings is 1. The fourth-order valence-electron chi connectivity index (χ4n) is 3.48. The molecule has 7 heteroatoms. The van der Waals surface area contributed by atoms with Crippen LogP contribution in [0.25, 0.3) is 0 Å². The highest BCUT2D eigenvalue weighted by molar-refractivity contribution is 5.79. The number of methoxy groups -OCH3 is 1. The lowest BCUT2D eigenvalue weighted by Crippen LogP contribution is -2.46. The topological polar surface area (TPSA) is 61.4 Å². The number of aliphatic imine (C=N–C) groups is 1. The quantitative estimate of drug-likeness (QED) is 0.274. The fraction of sp³-hybridized carbons (Fsp3) is 0.696. The number of anilines is 1. The van der Waals surface area contributed by atoms with Crippen molar-refractivity contribution in [2.45, 2.75) is 26.2 Å². The maximum Gasteiger partial charge on any atom is 0.191 e. The average Bonchev–Trinajstić information content (AvgIpc) is 2.79. The summed E-state index contributed by atoms with van der Waals surface area (Å²) in [5.74, 6) is 0.908. The molecule has 0 amide bonds. The number of para-hydroxylation sites is 1. The first-order chi connectivity index (χ1) is 14.8. The second-order valence-corrected chi connectivity index (χ2v) is 7.52. The third-order valence-electron chi connectivity index (χ3n) is 5.18. The maximum absolute atomic E-state index is 5.48. The van der Waals surface area contributed by atoms with E-state index in [1.54, 1.807) is 7.11 Å². The highest BCUT2D eigenvalue weighted by atomic mass is 16.5. The Morgan fingerprint density at radius 3 is 2.50 bits per heavy atom. The Bertz CT molecular complexity index is 562. The van der Waals surface area contributed by atoms with E-state index in [1.807, 2.05) is 0 Å². The van der Waals surface area contributed by atoms with Crippen molar-refractivity contribution < 1.29 is 9.47 Å². The molecule has 30 heavy (non-hydrogen) atoms. The number of ether oxygens (including phenoxy) is 2. The second kappa shape index (κ2) is 15.9. The molecule has 2 rings (SSSR count). The normalized spacial score (nSPS) is 15.4. The van der Waals surface area contributed by atoms with Crippen LogP contribution < -0.4 is 15.5 Å². The molecule has 0 radical (unpaired) electrons. The number of unbranched alkanes of at least 4 members (excludes halogenated alkanes) is 1. The van der Waals surface area contributed by atoms with Crippen LogP contribution in [0, 0.1) is 0 Å². The third-order valence-corrected chi connectivity index (χ3v) is 5.18. The average molecular weight is 420 g/mol. The molecule has 0 atom stereocenters. The molecule has 1 aliphatic heterocycles. The first kappa shape index (κ1) is 24.4. The van der Waals surface area contributed by atoms with Gasteiger partial charge in [0.1, 0.15) is 0 Å². The number of benzene rings is 1. The van der Waals surface area contributed by atoms with Crippen LogP contribution in [0.5, 0.6) is 0 Å². The van der Waals surface area contributed by atoms with Crippen molar-refractivity contribution in [3.63, 3.8) is 0 Å². The Morgan fingerprint density at radius 1 is 0.967 bits per heavy atom. The van der Waals surface area contributed by atoms with E-state index >= 15 is 0 Å². The molecule has 1 heterocycles. The first-order valence-corrected chi connectivity index (χ1v) is 11.4. The monoisotopic (exact) mass is 419 g/mol. The van der Waals surface area contributed by atoms with E-state index < -0.39 is 0 Å². The summed E-state index contributed by atoms with van der Waals surface area (Å²) in [6.07, 6.45) is 3.30. The second-order valence-electron chi connectivity index (χ2n) is 7.52. The smallest absolute Gasteiger partial charge is 0.191 e. The zero-order chi connectivity index (χ0) is 21.3. The van der Waals surface area contributed by atoms with Gasteiger partial charge in [-0.3, -0.25) is 9.89 Å². The molecule has 0 saturated carbocycles. The molecule has 1 aliphatic rings. The van der Waals surface area contributed by atoms with Crippen LogP contribution in [-0.4, -0.2) is 90.1 Å². The summed E-state index contributed by atoms with van der Waals surface area (Å²) in [6.45, 7) is 12.5. The van der Waals surface area contributed by atoms with E-state index in [0.29, 0.717) is 13.2 Å². The van der Waals surface area contributed by atoms with Crippen LogP contribution in [0.3, 0.4) is 0 Å². The minimum Gasteiger partial charge on any atom is -0.382 e. The lowest BCUT2D eigenvalue weighted by Gasteiger charge is -2.36. The van der Waals surface area contributed by atoms with Gasteiger partial charge in [-0.15, -0.1) is 0 Å². The van der Waals surface area contributed by atoms with Crippen molar-refractivity contribution in [3.05, 3.63) is 30.3 Å². The first-order valence-electron chi connectivity index (χ1n) is 11.4. The SMILES string of the molecule is CCNC(=NCCCOCCOC)NCCCCN1CCN(c2ccccc2)CC1. The van der Waals surface area contributed by atoms with Gasteiger partial charge in [0.05, 0.1) is 13.2 Å². The Morgan fingerprint density at radius 2 is 1.77 bits per heavy atom. The molecule has 1 aromatic carbocycles. The van der Waals surface area contributed by atoms with Gasteiger partial charge < -0.3 is 25.0 Å². The molecule has 0 aromatic heterocycles. The Labute approximate surface area is 182 Å². The summed E-state index contributed by atoms with van der Waals surface area (Å²) in [5, 5.41) is 6.77. The number of guanidine groups is 1. The van der Waals surface area contributed by atoms with E-state index in [0.717, 1.165) is 71.2 Å². The minimum atomic E-state index is 0.649. The Balaban J connectivity index is 1.52. The molecular formula is C23H41N5O2. The lowest BCUT2D eigenvalue weighted by molar-refractivity contribution is 0.0702. The van der Waals surface area contributed by atoms with Gasteiger partial charge in [-0.05, 0) is 44.9 Å². The summed E-state index contributed by atoms with van der Waals surface area (Å²) >= 11 is 0. The van der Waals surface area contributed by atoms with Crippen LogP contribution in [0.2, 0.25) is 0 Å². The maximum atomic E-state index is 5.48. The highest BCUT2D eigenvalue weighted by Crippen LogP contribution is 2.15. The fourth-order valence-corrected chi connectivity index (χ4v) is 3.48.